The number of aliphatic carboxylic acids is 1. The lowest BCUT2D eigenvalue weighted by Crippen LogP contribution is -2.70. The van der Waals surface area contributed by atoms with Gasteiger partial charge in [0.05, 0.1) is 23.8 Å². The molecular weight excluding hydrogens is 440 g/mol. The number of carboxylic acid groups (broad SMARTS) is 1. The quantitative estimate of drug-likeness (QED) is 0.536. The van der Waals surface area contributed by atoms with E-state index in [1.54, 1.807) is 5.38 Å². The molecule has 5 rings (SSSR count). The molecule has 1 aromatic rings. The Labute approximate surface area is 188 Å². The van der Waals surface area contributed by atoms with Gasteiger partial charge in [0.2, 0.25) is 11.8 Å². The molecule has 4 aliphatic heterocycles. The summed E-state index contributed by atoms with van der Waals surface area (Å²) in [7, 11) is 0. The topological polar surface area (TPSA) is 135 Å². The fraction of sp³-hybridized carbons (Fsp3) is 0.700. The van der Waals surface area contributed by atoms with E-state index in [0.717, 1.165) is 19.3 Å². The Morgan fingerprint density at radius 2 is 2.23 bits per heavy atom. The second-order valence-corrected chi connectivity index (χ2v) is 12.0. The number of hydrogen-bond donors (Lipinski definition) is 3. The van der Waals surface area contributed by atoms with Gasteiger partial charge in [0.15, 0.2) is 5.13 Å². The Bertz CT molecular complexity index is 936. The number of thioether (sulfide) groups is 1. The SMILES string of the molecule is CC1(C)S[C@@H]2[C@H](NC(=O)C(CC3CC4CCC3O4)c3csc(N)n3)C(=O)N2[C@H]1C(=O)O. The van der Waals surface area contributed by atoms with Gasteiger partial charge in [-0.05, 0) is 45.4 Å². The van der Waals surface area contributed by atoms with Crippen LogP contribution in [0.25, 0.3) is 0 Å². The van der Waals surface area contributed by atoms with Gasteiger partial charge in [0.25, 0.3) is 0 Å². The summed E-state index contributed by atoms with van der Waals surface area (Å²) in [6.07, 6.45) is 4.10. The number of aromatic nitrogens is 1. The Balaban J connectivity index is 1.32. The highest BCUT2D eigenvalue weighted by Crippen LogP contribution is 2.51. The number of thiazole rings is 1. The minimum atomic E-state index is -1.02. The highest BCUT2D eigenvalue weighted by molar-refractivity contribution is 8.01. The number of anilines is 1. The van der Waals surface area contributed by atoms with Gasteiger partial charge in [0, 0.05) is 10.1 Å². The number of nitrogens with zero attached hydrogens (tertiary/aromatic N) is 2. The van der Waals surface area contributed by atoms with Gasteiger partial charge in [-0.3, -0.25) is 9.59 Å². The summed E-state index contributed by atoms with van der Waals surface area (Å²) in [5.41, 5.74) is 6.44. The zero-order chi connectivity index (χ0) is 22.1. The number of rotatable bonds is 6. The van der Waals surface area contributed by atoms with Crippen molar-refractivity contribution in [1.29, 1.82) is 0 Å². The molecule has 1 aromatic heterocycles. The average Bonchev–Trinajstić information content (AvgIpc) is 3.46. The highest BCUT2D eigenvalue weighted by atomic mass is 32.2. The molecule has 0 saturated carbocycles. The second-order valence-electron chi connectivity index (χ2n) is 9.35. The molecule has 4 N–H and O–H groups in total. The van der Waals surface area contributed by atoms with Gasteiger partial charge < -0.3 is 25.8 Å². The summed E-state index contributed by atoms with van der Waals surface area (Å²) in [5, 5.41) is 14.3. The van der Waals surface area contributed by atoms with Crippen molar-refractivity contribution >= 4 is 46.0 Å². The number of carbonyl (C=O) groups excluding carboxylic acids is 2. The number of hydrogen-bond acceptors (Lipinski definition) is 8. The van der Waals surface area contributed by atoms with Gasteiger partial charge in [-0.15, -0.1) is 23.1 Å². The van der Waals surface area contributed by atoms with Gasteiger partial charge >= 0.3 is 5.97 Å². The summed E-state index contributed by atoms with van der Waals surface area (Å²) in [5.74, 6) is -1.86. The van der Waals surface area contributed by atoms with Crippen LogP contribution >= 0.6 is 23.1 Å². The van der Waals surface area contributed by atoms with Gasteiger partial charge in [-0.2, -0.15) is 0 Å². The van der Waals surface area contributed by atoms with Gasteiger partial charge in [0.1, 0.15) is 17.5 Å². The molecule has 0 aliphatic carbocycles. The smallest absolute Gasteiger partial charge is 0.327 e. The van der Waals surface area contributed by atoms with Crippen LogP contribution in [-0.2, 0) is 19.1 Å². The number of fused-ring (bicyclic) bond motifs is 3. The van der Waals surface area contributed by atoms with E-state index in [-0.39, 0.29) is 35.3 Å². The summed E-state index contributed by atoms with van der Waals surface area (Å²) in [6.45, 7) is 3.63. The maximum atomic E-state index is 13.3. The molecule has 5 heterocycles. The molecule has 11 heteroatoms. The van der Waals surface area contributed by atoms with E-state index in [4.69, 9.17) is 10.5 Å². The molecule has 4 fully saturated rings. The summed E-state index contributed by atoms with van der Waals surface area (Å²) in [4.78, 5) is 43.6. The van der Waals surface area contributed by atoms with Crippen molar-refractivity contribution in [3.8, 4) is 0 Å². The van der Waals surface area contributed by atoms with E-state index in [9.17, 15) is 19.5 Å². The van der Waals surface area contributed by atoms with Crippen LogP contribution in [0.4, 0.5) is 5.13 Å². The molecule has 0 spiro atoms. The number of amides is 2. The first-order valence-electron chi connectivity index (χ1n) is 10.5. The standard InChI is InChI=1S/C20H26N4O5S2/c1-20(2)14(18(27)28)24-16(26)13(17(24)31-20)23-15(25)10(11-7-30-19(21)22-11)6-8-5-9-3-4-12(8)29-9/h7-10,12-14,17H,3-6H2,1-2H3,(H2,21,22)(H,23,25)(H,27,28)/t8?,9?,10?,12?,13-,14+,17-/m1/s1. The molecular formula is C20H26N4O5S2. The Kier molecular flexibility index (Phi) is 4.98. The van der Waals surface area contributed by atoms with E-state index in [1.807, 2.05) is 13.8 Å². The van der Waals surface area contributed by atoms with Crippen LogP contribution in [-0.4, -0.2) is 67.2 Å². The molecule has 4 unspecified atom stereocenters. The lowest BCUT2D eigenvalue weighted by molar-refractivity contribution is -0.161. The zero-order valence-electron chi connectivity index (χ0n) is 17.3. The maximum absolute atomic E-state index is 13.3. The average molecular weight is 467 g/mol. The van der Waals surface area contributed by atoms with Crippen LogP contribution < -0.4 is 11.1 Å². The van der Waals surface area contributed by atoms with E-state index >= 15 is 0 Å². The number of nitrogen functional groups attached to an aromatic ring is 1. The molecule has 2 bridgehead atoms. The third kappa shape index (κ3) is 3.41. The van der Waals surface area contributed by atoms with Crippen LogP contribution in [0.2, 0.25) is 0 Å². The number of carboxylic acids is 1. The lowest BCUT2D eigenvalue weighted by atomic mass is 9.81. The third-order valence-electron chi connectivity index (χ3n) is 6.96. The van der Waals surface area contributed by atoms with E-state index in [2.05, 4.69) is 10.3 Å². The van der Waals surface area contributed by atoms with Crippen molar-refractivity contribution in [2.24, 2.45) is 5.92 Å². The summed E-state index contributed by atoms with van der Waals surface area (Å²) in [6, 6.07) is -1.63. The number of nitrogens with two attached hydrogens (primary N) is 1. The number of carbonyl (C=O) groups is 3. The lowest BCUT2D eigenvalue weighted by Gasteiger charge is -2.44. The fourth-order valence-electron chi connectivity index (χ4n) is 5.52. The molecule has 7 atom stereocenters. The first kappa shape index (κ1) is 21.0. The largest absolute Gasteiger partial charge is 0.480 e. The van der Waals surface area contributed by atoms with Crippen LogP contribution in [0, 0.1) is 5.92 Å². The van der Waals surface area contributed by atoms with E-state index in [0.29, 0.717) is 17.2 Å². The summed E-state index contributed by atoms with van der Waals surface area (Å²) < 4.78 is 5.33. The van der Waals surface area contributed by atoms with Crippen LogP contribution in [0.1, 0.15) is 51.1 Å². The Hall–Kier alpha value is -1.85. The number of β-lactam (4-membered cyclic amide) rings is 1. The predicted molar refractivity (Wildman–Crippen MR) is 116 cm³/mol. The second kappa shape index (κ2) is 7.35. The summed E-state index contributed by atoms with van der Waals surface area (Å²) >= 11 is 2.71. The molecule has 4 aliphatic rings. The molecule has 2 amide bonds. The van der Waals surface area contributed by atoms with Crippen molar-refractivity contribution in [2.45, 2.75) is 79.9 Å². The molecule has 4 saturated heterocycles. The number of ether oxygens (including phenoxy) is 1. The monoisotopic (exact) mass is 466 g/mol. The first-order chi connectivity index (χ1) is 14.7. The van der Waals surface area contributed by atoms with Crippen molar-refractivity contribution in [1.82, 2.24) is 15.2 Å². The van der Waals surface area contributed by atoms with E-state index < -0.39 is 28.7 Å². The molecule has 168 valence electrons. The van der Waals surface area contributed by atoms with Crippen molar-refractivity contribution in [3.05, 3.63) is 11.1 Å². The Morgan fingerprint density at radius 3 is 2.81 bits per heavy atom. The van der Waals surface area contributed by atoms with Crippen LogP contribution in [0.5, 0.6) is 0 Å². The minimum absolute atomic E-state index is 0.180. The molecule has 31 heavy (non-hydrogen) atoms. The molecule has 9 nitrogen and oxygen atoms in total. The highest BCUT2D eigenvalue weighted by Gasteiger charge is 2.64. The van der Waals surface area contributed by atoms with Gasteiger partial charge in [-0.25, -0.2) is 9.78 Å². The maximum Gasteiger partial charge on any atom is 0.327 e. The molecule has 0 aromatic carbocycles. The van der Waals surface area contributed by atoms with Gasteiger partial charge in [-0.1, -0.05) is 0 Å². The Morgan fingerprint density at radius 1 is 1.45 bits per heavy atom. The third-order valence-corrected chi connectivity index (χ3v) is 9.22. The zero-order valence-corrected chi connectivity index (χ0v) is 18.9. The minimum Gasteiger partial charge on any atom is -0.480 e. The predicted octanol–water partition coefficient (Wildman–Crippen LogP) is 1.40. The first-order valence-corrected chi connectivity index (χ1v) is 12.3. The normalized spacial score (nSPS) is 36.2. The number of nitrogens with one attached hydrogen (secondary N) is 1. The van der Waals surface area contributed by atoms with Crippen molar-refractivity contribution < 1.29 is 24.2 Å². The fourth-order valence-corrected chi connectivity index (χ4v) is 7.76. The van der Waals surface area contributed by atoms with Crippen LogP contribution in [0.3, 0.4) is 0 Å². The van der Waals surface area contributed by atoms with E-state index in [1.165, 1.54) is 28.0 Å². The molecule has 0 radical (unpaired) electrons. The van der Waals surface area contributed by atoms with Crippen molar-refractivity contribution in [3.63, 3.8) is 0 Å². The van der Waals surface area contributed by atoms with Crippen molar-refractivity contribution in [2.75, 3.05) is 5.73 Å². The van der Waals surface area contributed by atoms with Crippen LogP contribution in [0.15, 0.2) is 5.38 Å².